The van der Waals surface area contributed by atoms with E-state index in [1.54, 1.807) is 0 Å². The van der Waals surface area contributed by atoms with Crippen molar-refractivity contribution >= 4 is 29.7 Å². The summed E-state index contributed by atoms with van der Waals surface area (Å²) in [5, 5.41) is 4.18. The Bertz CT molecular complexity index is 300. The maximum atomic E-state index is 5.86. The largest absolute Gasteiger partial charge is 0.366 e. The molecular weight excluding hydrogens is 231 g/mol. The minimum atomic E-state index is 0. The third-order valence-corrected chi connectivity index (χ3v) is 2.91. The third-order valence-electron chi connectivity index (χ3n) is 2.66. The smallest absolute Gasteiger partial charge is 0.0407 e. The van der Waals surface area contributed by atoms with Crippen LogP contribution in [0.2, 0.25) is 5.02 Å². The summed E-state index contributed by atoms with van der Waals surface area (Å²) in [7, 11) is 0. The zero-order chi connectivity index (χ0) is 9.97. The molecule has 0 amide bonds. The van der Waals surface area contributed by atoms with Gasteiger partial charge in [-0.1, -0.05) is 11.6 Å². The molecule has 0 bridgehead atoms. The Balaban J connectivity index is 0.00000112. The van der Waals surface area contributed by atoms with Gasteiger partial charge in [0.25, 0.3) is 0 Å². The van der Waals surface area contributed by atoms with Crippen molar-refractivity contribution in [3.63, 3.8) is 0 Å². The maximum Gasteiger partial charge on any atom is 0.0407 e. The number of rotatable bonds is 1. The van der Waals surface area contributed by atoms with Crippen molar-refractivity contribution in [3.8, 4) is 0 Å². The maximum absolute atomic E-state index is 5.86. The van der Waals surface area contributed by atoms with Crippen LogP contribution in [0.5, 0.6) is 0 Å². The summed E-state index contributed by atoms with van der Waals surface area (Å²) in [6.45, 7) is 5.43. The van der Waals surface area contributed by atoms with Gasteiger partial charge in [0, 0.05) is 36.4 Å². The summed E-state index contributed by atoms with van der Waals surface area (Å²) in [5.41, 5.74) is 1.27. The van der Waals surface area contributed by atoms with Crippen molar-refractivity contribution in [2.75, 3.05) is 24.5 Å². The van der Waals surface area contributed by atoms with Gasteiger partial charge in [-0.25, -0.2) is 0 Å². The van der Waals surface area contributed by atoms with Gasteiger partial charge in [-0.05, 0) is 31.2 Å². The molecule has 2 nitrogen and oxygen atoms in total. The minimum absolute atomic E-state index is 0. The fraction of sp³-hybridized carbons (Fsp3) is 0.455. The van der Waals surface area contributed by atoms with Crippen LogP contribution in [0.3, 0.4) is 0 Å². The number of anilines is 1. The highest BCUT2D eigenvalue weighted by atomic mass is 35.5. The highest BCUT2D eigenvalue weighted by molar-refractivity contribution is 6.30. The van der Waals surface area contributed by atoms with E-state index in [0.29, 0.717) is 6.04 Å². The molecule has 1 heterocycles. The van der Waals surface area contributed by atoms with E-state index in [9.17, 15) is 0 Å². The number of piperazine rings is 1. The molecule has 1 aliphatic rings. The van der Waals surface area contributed by atoms with Gasteiger partial charge < -0.3 is 10.2 Å². The SMILES string of the molecule is CC1CNCCN1c1ccc(Cl)cc1.Cl. The molecule has 0 radical (unpaired) electrons. The quantitative estimate of drug-likeness (QED) is 0.820. The van der Waals surface area contributed by atoms with Gasteiger partial charge in [-0.3, -0.25) is 0 Å². The predicted molar refractivity (Wildman–Crippen MR) is 68.4 cm³/mol. The van der Waals surface area contributed by atoms with E-state index in [1.807, 2.05) is 12.1 Å². The summed E-state index contributed by atoms with van der Waals surface area (Å²) in [5.74, 6) is 0. The van der Waals surface area contributed by atoms with Gasteiger partial charge in [-0.15, -0.1) is 12.4 Å². The third kappa shape index (κ3) is 3.00. The zero-order valence-corrected chi connectivity index (χ0v) is 10.3. The molecule has 1 unspecified atom stereocenters. The number of hydrogen-bond acceptors (Lipinski definition) is 2. The first-order chi connectivity index (χ1) is 6.77. The summed E-state index contributed by atoms with van der Waals surface area (Å²) in [4.78, 5) is 2.41. The summed E-state index contributed by atoms with van der Waals surface area (Å²) in [6, 6.07) is 8.64. The molecular formula is C11H16Cl2N2. The minimum Gasteiger partial charge on any atom is -0.366 e. The van der Waals surface area contributed by atoms with E-state index in [0.717, 1.165) is 24.7 Å². The van der Waals surface area contributed by atoms with Crippen molar-refractivity contribution in [2.45, 2.75) is 13.0 Å². The molecule has 1 N–H and O–H groups in total. The molecule has 1 saturated heterocycles. The molecule has 1 atom stereocenters. The van der Waals surface area contributed by atoms with Crippen molar-refractivity contribution < 1.29 is 0 Å². The highest BCUT2D eigenvalue weighted by Gasteiger charge is 2.17. The molecule has 1 fully saturated rings. The Hall–Kier alpha value is -0.440. The van der Waals surface area contributed by atoms with Crippen molar-refractivity contribution in [1.82, 2.24) is 5.32 Å². The van der Waals surface area contributed by atoms with Gasteiger partial charge >= 0.3 is 0 Å². The Morgan fingerprint density at radius 1 is 1.33 bits per heavy atom. The van der Waals surface area contributed by atoms with Crippen LogP contribution < -0.4 is 10.2 Å². The number of hydrogen-bond donors (Lipinski definition) is 1. The molecule has 84 valence electrons. The fourth-order valence-electron chi connectivity index (χ4n) is 1.86. The predicted octanol–water partition coefficient (Wildman–Crippen LogP) is 2.56. The van der Waals surface area contributed by atoms with Crippen LogP contribution in [0.4, 0.5) is 5.69 Å². The second-order valence-corrected chi connectivity index (χ2v) is 4.16. The van der Waals surface area contributed by atoms with Crippen LogP contribution >= 0.6 is 24.0 Å². The van der Waals surface area contributed by atoms with E-state index in [-0.39, 0.29) is 12.4 Å². The number of benzene rings is 1. The lowest BCUT2D eigenvalue weighted by molar-refractivity contribution is 0.501. The number of nitrogens with zero attached hydrogens (tertiary/aromatic N) is 1. The number of nitrogens with one attached hydrogen (secondary N) is 1. The fourth-order valence-corrected chi connectivity index (χ4v) is 1.98. The zero-order valence-electron chi connectivity index (χ0n) is 8.74. The molecule has 0 spiro atoms. The molecule has 1 aromatic carbocycles. The van der Waals surface area contributed by atoms with Gasteiger partial charge in [0.15, 0.2) is 0 Å². The van der Waals surface area contributed by atoms with E-state index in [1.165, 1.54) is 5.69 Å². The molecule has 1 aliphatic heterocycles. The van der Waals surface area contributed by atoms with Crippen LogP contribution in [-0.4, -0.2) is 25.7 Å². The Labute approximate surface area is 102 Å². The lowest BCUT2D eigenvalue weighted by atomic mass is 10.2. The van der Waals surface area contributed by atoms with Crippen molar-refractivity contribution in [2.24, 2.45) is 0 Å². The van der Waals surface area contributed by atoms with Gasteiger partial charge in [0.2, 0.25) is 0 Å². The van der Waals surface area contributed by atoms with Crippen LogP contribution in [0.25, 0.3) is 0 Å². The summed E-state index contributed by atoms with van der Waals surface area (Å²) < 4.78 is 0. The van der Waals surface area contributed by atoms with E-state index in [2.05, 4.69) is 29.3 Å². The van der Waals surface area contributed by atoms with Crippen LogP contribution in [-0.2, 0) is 0 Å². The van der Waals surface area contributed by atoms with Gasteiger partial charge in [0.05, 0.1) is 0 Å². The van der Waals surface area contributed by atoms with Crippen LogP contribution in [0.1, 0.15) is 6.92 Å². The van der Waals surface area contributed by atoms with Crippen molar-refractivity contribution in [3.05, 3.63) is 29.3 Å². The molecule has 1 aromatic rings. The van der Waals surface area contributed by atoms with E-state index >= 15 is 0 Å². The highest BCUT2D eigenvalue weighted by Crippen LogP contribution is 2.20. The topological polar surface area (TPSA) is 15.3 Å². The first-order valence-corrected chi connectivity index (χ1v) is 5.38. The first-order valence-electron chi connectivity index (χ1n) is 5.00. The van der Waals surface area contributed by atoms with E-state index < -0.39 is 0 Å². The van der Waals surface area contributed by atoms with Crippen LogP contribution in [0, 0.1) is 0 Å². The summed E-state index contributed by atoms with van der Waals surface area (Å²) >= 11 is 5.86. The molecule has 0 saturated carbocycles. The lowest BCUT2D eigenvalue weighted by Crippen LogP contribution is -2.49. The van der Waals surface area contributed by atoms with Gasteiger partial charge in [0.1, 0.15) is 0 Å². The second kappa shape index (κ2) is 5.59. The molecule has 4 heteroatoms. The number of halogens is 2. The molecule has 15 heavy (non-hydrogen) atoms. The van der Waals surface area contributed by atoms with Crippen LogP contribution in [0.15, 0.2) is 24.3 Å². The lowest BCUT2D eigenvalue weighted by Gasteiger charge is -2.35. The molecule has 0 aliphatic carbocycles. The summed E-state index contributed by atoms with van der Waals surface area (Å²) in [6.07, 6.45) is 0. The molecule has 0 aromatic heterocycles. The molecule has 2 rings (SSSR count). The Morgan fingerprint density at radius 3 is 2.60 bits per heavy atom. The average molecular weight is 247 g/mol. The van der Waals surface area contributed by atoms with Crippen molar-refractivity contribution in [1.29, 1.82) is 0 Å². The van der Waals surface area contributed by atoms with E-state index in [4.69, 9.17) is 11.6 Å². The normalized spacial score (nSPS) is 20.9. The monoisotopic (exact) mass is 246 g/mol. The van der Waals surface area contributed by atoms with Gasteiger partial charge in [-0.2, -0.15) is 0 Å². The Kier molecular flexibility index (Phi) is 4.71. The average Bonchev–Trinajstić information content (AvgIpc) is 2.20. The second-order valence-electron chi connectivity index (χ2n) is 3.72. The Morgan fingerprint density at radius 2 is 2.00 bits per heavy atom. The standard InChI is InChI=1S/C11H15ClN2.ClH/c1-9-8-13-6-7-14(9)11-4-2-10(12)3-5-11;/h2-5,9,13H,6-8H2,1H3;1H. The first kappa shape index (κ1) is 12.6.